The summed E-state index contributed by atoms with van der Waals surface area (Å²) >= 11 is 1.26. The molecule has 3 aromatic rings. The Kier molecular flexibility index (Phi) is 5.52. The van der Waals surface area contributed by atoms with Crippen molar-refractivity contribution < 1.29 is 13.6 Å². The van der Waals surface area contributed by atoms with Crippen LogP contribution in [0.2, 0.25) is 0 Å². The van der Waals surface area contributed by atoms with E-state index in [-0.39, 0.29) is 17.5 Å². The molecular formula is C19H18FN5O2S. The molecule has 1 saturated heterocycles. The van der Waals surface area contributed by atoms with Gasteiger partial charge in [0.1, 0.15) is 5.82 Å². The number of benzene rings is 1. The van der Waals surface area contributed by atoms with Crippen molar-refractivity contribution in [2.75, 3.05) is 36.8 Å². The van der Waals surface area contributed by atoms with Gasteiger partial charge >= 0.3 is 0 Å². The summed E-state index contributed by atoms with van der Waals surface area (Å²) in [6.45, 7) is 2.66. The molecule has 0 atom stereocenters. The Morgan fingerprint density at radius 1 is 1.07 bits per heavy atom. The Hall–Kier alpha value is -2.94. The number of thioether (sulfide) groups is 1. The number of carbonyl (C=O) groups is 1. The molecule has 144 valence electrons. The van der Waals surface area contributed by atoms with Gasteiger partial charge in [-0.3, -0.25) is 4.79 Å². The maximum atomic E-state index is 13.0. The summed E-state index contributed by atoms with van der Waals surface area (Å²) in [5.41, 5.74) is 0.742. The Bertz CT molecular complexity index is 927. The van der Waals surface area contributed by atoms with Gasteiger partial charge in [0.2, 0.25) is 11.9 Å². The van der Waals surface area contributed by atoms with Gasteiger partial charge in [0, 0.05) is 44.1 Å². The fourth-order valence-electron chi connectivity index (χ4n) is 2.90. The number of anilines is 1. The highest BCUT2D eigenvalue weighted by Crippen LogP contribution is 2.26. The van der Waals surface area contributed by atoms with Crippen LogP contribution < -0.4 is 4.90 Å². The number of aromatic nitrogens is 3. The fraction of sp³-hybridized carbons (Fsp3) is 0.263. The summed E-state index contributed by atoms with van der Waals surface area (Å²) in [5.74, 6) is 1.23. The molecule has 3 heterocycles. The number of hydrogen-bond donors (Lipinski definition) is 0. The Balaban J connectivity index is 1.28. The first-order chi connectivity index (χ1) is 13.7. The molecule has 0 spiro atoms. The molecule has 7 nitrogen and oxygen atoms in total. The fourth-order valence-corrected chi connectivity index (χ4v) is 3.60. The van der Waals surface area contributed by atoms with E-state index in [9.17, 15) is 9.18 Å². The smallest absolute Gasteiger partial charge is 0.256 e. The van der Waals surface area contributed by atoms with Crippen LogP contribution in [0.3, 0.4) is 0 Å². The second-order valence-corrected chi connectivity index (χ2v) is 7.13. The molecule has 0 radical (unpaired) electrons. The summed E-state index contributed by atoms with van der Waals surface area (Å²) in [5, 5.41) is 0.420. The number of rotatable bonds is 5. The summed E-state index contributed by atoms with van der Waals surface area (Å²) in [6, 6.07) is 7.78. The molecule has 1 fully saturated rings. The lowest BCUT2D eigenvalue weighted by Gasteiger charge is -2.34. The standard InChI is InChI=1S/C19H18FN5O2S/c20-15-4-2-14(3-5-15)16-12-23-19(27-16)28-13-17(26)24-8-10-25(11-9-24)18-21-6-1-7-22-18/h1-7,12H,8-11,13H2. The molecule has 0 aliphatic carbocycles. The normalized spacial score (nSPS) is 14.3. The van der Waals surface area contributed by atoms with Crippen LogP contribution in [0.4, 0.5) is 10.3 Å². The van der Waals surface area contributed by atoms with E-state index in [2.05, 4.69) is 19.9 Å². The van der Waals surface area contributed by atoms with Crippen LogP contribution in [-0.4, -0.2) is 57.7 Å². The molecule has 1 aliphatic heterocycles. The van der Waals surface area contributed by atoms with Gasteiger partial charge in [0.25, 0.3) is 5.22 Å². The van der Waals surface area contributed by atoms with Gasteiger partial charge in [-0.15, -0.1) is 0 Å². The molecule has 1 amide bonds. The number of hydrogen-bond acceptors (Lipinski definition) is 7. The minimum atomic E-state index is -0.303. The highest BCUT2D eigenvalue weighted by atomic mass is 32.2. The van der Waals surface area contributed by atoms with Crippen LogP contribution in [0.15, 0.2) is 58.6 Å². The largest absolute Gasteiger partial charge is 0.431 e. The van der Waals surface area contributed by atoms with E-state index in [0.717, 1.165) is 5.56 Å². The molecule has 0 saturated carbocycles. The van der Waals surface area contributed by atoms with Gasteiger partial charge in [0.15, 0.2) is 5.76 Å². The zero-order chi connectivity index (χ0) is 19.3. The van der Waals surface area contributed by atoms with E-state index in [0.29, 0.717) is 43.1 Å². The highest BCUT2D eigenvalue weighted by molar-refractivity contribution is 7.99. The van der Waals surface area contributed by atoms with Gasteiger partial charge < -0.3 is 14.2 Å². The lowest BCUT2D eigenvalue weighted by atomic mass is 10.2. The summed E-state index contributed by atoms with van der Waals surface area (Å²) in [6.07, 6.45) is 5.01. The van der Waals surface area contributed by atoms with E-state index < -0.39 is 0 Å². The van der Waals surface area contributed by atoms with E-state index >= 15 is 0 Å². The third-order valence-corrected chi connectivity index (χ3v) is 5.23. The Labute approximate surface area is 165 Å². The lowest BCUT2D eigenvalue weighted by molar-refractivity contribution is -0.128. The summed E-state index contributed by atoms with van der Waals surface area (Å²) < 4.78 is 18.7. The SMILES string of the molecule is O=C(CSc1ncc(-c2ccc(F)cc2)o1)N1CCN(c2ncccn2)CC1. The van der Waals surface area contributed by atoms with Gasteiger partial charge in [-0.1, -0.05) is 11.8 Å². The number of carbonyl (C=O) groups excluding carboxylic acids is 1. The van der Waals surface area contributed by atoms with Crippen LogP contribution in [0, 0.1) is 5.82 Å². The molecule has 1 aromatic carbocycles. The first-order valence-corrected chi connectivity index (χ1v) is 9.82. The van der Waals surface area contributed by atoms with Crippen molar-refractivity contribution in [3.63, 3.8) is 0 Å². The van der Waals surface area contributed by atoms with Crippen molar-refractivity contribution >= 4 is 23.6 Å². The predicted molar refractivity (Wildman–Crippen MR) is 103 cm³/mol. The van der Waals surface area contributed by atoms with Crippen molar-refractivity contribution in [2.24, 2.45) is 0 Å². The quantitative estimate of drug-likeness (QED) is 0.611. The van der Waals surface area contributed by atoms with Crippen LogP contribution in [0.25, 0.3) is 11.3 Å². The minimum Gasteiger partial charge on any atom is -0.431 e. The minimum absolute atomic E-state index is 0.0418. The van der Waals surface area contributed by atoms with Crippen LogP contribution in [0.1, 0.15) is 0 Å². The van der Waals surface area contributed by atoms with Crippen molar-refractivity contribution in [1.82, 2.24) is 19.9 Å². The van der Waals surface area contributed by atoms with E-state index in [4.69, 9.17) is 4.42 Å². The van der Waals surface area contributed by atoms with E-state index in [1.54, 1.807) is 36.8 Å². The topological polar surface area (TPSA) is 75.4 Å². The zero-order valence-corrected chi connectivity index (χ0v) is 15.8. The monoisotopic (exact) mass is 399 g/mol. The van der Waals surface area contributed by atoms with Crippen molar-refractivity contribution in [3.05, 3.63) is 54.7 Å². The molecular weight excluding hydrogens is 381 g/mol. The first kappa shape index (κ1) is 18.4. The number of amides is 1. The van der Waals surface area contributed by atoms with Gasteiger partial charge in [-0.2, -0.15) is 0 Å². The summed E-state index contributed by atoms with van der Waals surface area (Å²) in [7, 11) is 0. The van der Waals surface area contributed by atoms with Gasteiger partial charge in [-0.25, -0.2) is 19.3 Å². The molecule has 9 heteroatoms. The number of piperazine rings is 1. The van der Waals surface area contributed by atoms with E-state index in [1.807, 2.05) is 4.90 Å². The lowest BCUT2D eigenvalue weighted by Crippen LogP contribution is -2.49. The summed E-state index contributed by atoms with van der Waals surface area (Å²) in [4.78, 5) is 29.1. The number of halogens is 1. The number of oxazole rings is 1. The van der Waals surface area contributed by atoms with Crippen molar-refractivity contribution in [2.45, 2.75) is 5.22 Å². The maximum absolute atomic E-state index is 13.0. The third-order valence-electron chi connectivity index (χ3n) is 4.40. The zero-order valence-electron chi connectivity index (χ0n) is 15.0. The van der Waals surface area contributed by atoms with Gasteiger partial charge in [0.05, 0.1) is 11.9 Å². The molecule has 1 aliphatic rings. The van der Waals surface area contributed by atoms with E-state index in [1.165, 1.54) is 23.9 Å². The van der Waals surface area contributed by atoms with Crippen LogP contribution >= 0.6 is 11.8 Å². The maximum Gasteiger partial charge on any atom is 0.256 e. The van der Waals surface area contributed by atoms with Crippen molar-refractivity contribution in [3.8, 4) is 11.3 Å². The third kappa shape index (κ3) is 4.30. The Morgan fingerprint density at radius 3 is 2.50 bits per heavy atom. The second-order valence-electron chi connectivity index (χ2n) is 6.20. The molecule has 0 unspecified atom stereocenters. The van der Waals surface area contributed by atoms with Gasteiger partial charge in [-0.05, 0) is 30.3 Å². The van der Waals surface area contributed by atoms with Crippen molar-refractivity contribution in [1.29, 1.82) is 0 Å². The number of nitrogens with zero attached hydrogens (tertiary/aromatic N) is 5. The molecule has 2 aromatic heterocycles. The average Bonchev–Trinajstić information content (AvgIpc) is 3.22. The molecule has 4 rings (SSSR count). The molecule has 0 bridgehead atoms. The molecule has 0 N–H and O–H groups in total. The predicted octanol–water partition coefficient (Wildman–Crippen LogP) is 2.71. The van der Waals surface area contributed by atoms with Crippen LogP contribution in [0.5, 0.6) is 0 Å². The first-order valence-electron chi connectivity index (χ1n) is 8.83. The van der Waals surface area contributed by atoms with Crippen LogP contribution in [-0.2, 0) is 4.79 Å². The molecule has 28 heavy (non-hydrogen) atoms. The highest BCUT2D eigenvalue weighted by Gasteiger charge is 2.23. The average molecular weight is 399 g/mol. The Morgan fingerprint density at radius 2 is 1.79 bits per heavy atom. The second kappa shape index (κ2) is 8.39.